The molecule has 49 heavy (non-hydrogen) atoms. The maximum atomic E-state index is 2.47. The number of benzene rings is 8. The van der Waals surface area contributed by atoms with Gasteiger partial charge in [-0.3, -0.25) is 0 Å². The van der Waals surface area contributed by atoms with Crippen LogP contribution in [0.1, 0.15) is 25.0 Å². The van der Waals surface area contributed by atoms with Crippen molar-refractivity contribution in [3.8, 4) is 27.9 Å². The molecule has 2 heteroatoms. The molecule has 0 N–H and O–H groups in total. The summed E-state index contributed by atoms with van der Waals surface area (Å²) >= 11 is 1.93. The molecule has 2 aromatic heterocycles. The van der Waals surface area contributed by atoms with Gasteiger partial charge in [0.2, 0.25) is 0 Å². The summed E-state index contributed by atoms with van der Waals surface area (Å²) in [5, 5.41) is 10.4. The van der Waals surface area contributed by atoms with E-state index in [0.29, 0.717) is 0 Å². The second-order valence-electron chi connectivity index (χ2n) is 14.1. The lowest BCUT2D eigenvalue weighted by Crippen LogP contribution is -2.15. The minimum absolute atomic E-state index is 0.0988. The minimum atomic E-state index is -0.0988. The van der Waals surface area contributed by atoms with E-state index in [1.54, 1.807) is 0 Å². The number of hydrogen-bond donors (Lipinski definition) is 0. The standard InChI is InChI=1S/C47H31NS/c1-47(2)40-23-22-37-36-12-6-8-14-44(36)49-46(37)45(40)38-21-19-32(27-41(38)47)48-42-13-7-5-11-35(42)39-26-30(18-24-43(39)48)29-17-20-34-31(25-29)16-15-28-9-3-4-10-33(28)34/h3-27H,1-2H3. The van der Waals surface area contributed by atoms with Crippen molar-refractivity contribution in [2.45, 2.75) is 19.3 Å². The third-order valence-electron chi connectivity index (χ3n) is 11.2. The van der Waals surface area contributed by atoms with Gasteiger partial charge in [0.25, 0.3) is 0 Å². The maximum absolute atomic E-state index is 2.47. The Kier molecular flexibility index (Phi) is 5.39. The van der Waals surface area contributed by atoms with Crippen molar-refractivity contribution in [3.05, 3.63) is 163 Å². The van der Waals surface area contributed by atoms with Crippen molar-refractivity contribution in [2.24, 2.45) is 0 Å². The number of hydrogen-bond acceptors (Lipinski definition) is 1. The molecule has 0 bridgehead atoms. The molecule has 11 rings (SSSR count). The van der Waals surface area contributed by atoms with Crippen LogP contribution in [0.2, 0.25) is 0 Å². The normalized spacial score (nSPS) is 13.7. The monoisotopic (exact) mass is 641 g/mol. The van der Waals surface area contributed by atoms with E-state index in [-0.39, 0.29) is 5.41 Å². The Morgan fingerprint density at radius 2 is 1.16 bits per heavy atom. The highest BCUT2D eigenvalue weighted by Gasteiger charge is 2.37. The number of rotatable bonds is 2. The molecule has 0 spiro atoms. The first kappa shape index (κ1) is 27.3. The molecule has 0 amide bonds. The number of nitrogens with zero attached hydrogens (tertiary/aromatic N) is 1. The Hall–Kier alpha value is -5.70. The topological polar surface area (TPSA) is 4.93 Å². The first-order chi connectivity index (χ1) is 24.0. The van der Waals surface area contributed by atoms with Gasteiger partial charge in [-0.05, 0) is 91.8 Å². The highest BCUT2D eigenvalue weighted by Crippen LogP contribution is 2.54. The fraction of sp³-hybridized carbons (Fsp3) is 0.0638. The summed E-state index contributed by atoms with van der Waals surface area (Å²) in [4.78, 5) is 0. The molecule has 0 fully saturated rings. The lowest BCUT2D eigenvalue weighted by atomic mass is 9.82. The van der Waals surface area contributed by atoms with E-state index in [0.717, 1.165) is 0 Å². The fourth-order valence-corrected chi connectivity index (χ4v) is 10.0. The third kappa shape index (κ3) is 3.70. The maximum Gasteiger partial charge on any atom is 0.0541 e. The zero-order valence-corrected chi connectivity index (χ0v) is 28.1. The van der Waals surface area contributed by atoms with Crippen LogP contribution < -0.4 is 0 Å². The molecule has 0 aliphatic heterocycles. The molecule has 0 saturated heterocycles. The minimum Gasteiger partial charge on any atom is -0.309 e. The number of thiophene rings is 1. The summed E-state index contributed by atoms with van der Waals surface area (Å²) < 4.78 is 5.23. The van der Waals surface area contributed by atoms with Gasteiger partial charge in [0, 0.05) is 47.6 Å². The molecule has 10 aromatic rings. The number of para-hydroxylation sites is 1. The van der Waals surface area contributed by atoms with Gasteiger partial charge >= 0.3 is 0 Å². The molecule has 0 atom stereocenters. The smallest absolute Gasteiger partial charge is 0.0541 e. The van der Waals surface area contributed by atoms with Gasteiger partial charge in [-0.25, -0.2) is 0 Å². The van der Waals surface area contributed by atoms with Crippen LogP contribution in [0.15, 0.2) is 152 Å². The van der Waals surface area contributed by atoms with E-state index in [1.807, 2.05) is 11.3 Å². The van der Waals surface area contributed by atoms with Gasteiger partial charge in [-0.1, -0.05) is 123 Å². The number of aromatic nitrogens is 1. The van der Waals surface area contributed by atoms with E-state index in [4.69, 9.17) is 0 Å². The number of fused-ring (bicyclic) bond motifs is 13. The predicted octanol–water partition coefficient (Wildman–Crippen LogP) is 13.4. The Morgan fingerprint density at radius 1 is 0.469 bits per heavy atom. The Bertz CT molecular complexity index is 3020. The highest BCUT2D eigenvalue weighted by atomic mass is 32.1. The van der Waals surface area contributed by atoms with Crippen molar-refractivity contribution < 1.29 is 0 Å². The zero-order valence-electron chi connectivity index (χ0n) is 27.3. The second kappa shape index (κ2) is 9.69. The van der Waals surface area contributed by atoms with E-state index in [9.17, 15) is 0 Å². The van der Waals surface area contributed by atoms with Gasteiger partial charge in [0.05, 0.1) is 11.0 Å². The predicted molar refractivity (Wildman–Crippen MR) is 212 cm³/mol. The van der Waals surface area contributed by atoms with Crippen LogP contribution in [0.5, 0.6) is 0 Å². The molecule has 0 unspecified atom stereocenters. The third-order valence-corrected chi connectivity index (χ3v) is 12.4. The Balaban J connectivity index is 1.09. The summed E-state index contributed by atoms with van der Waals surface area (Å²) in [5.74, 6) is 0. The quantitative estimate of drug-likeness (QED) is 0.166. The van der Waals surface area contributed by atoms with Crippen molar-refractivity contribution in [2.75, 3.05) is 0 Å². The molecule has 0 radical (unpaired) electrons. The second-order valence-corrected chi connectivity index (χ2v) is 15.2. The van der Waals surface area contributed by atoms with Gasteiger partial charge in [-0.15, -0.1) is 11.3 Å². The Morgan fingerprint density at radius 3 is 2.08 bits per heavy atom. The Labute approximate surface area is 288 Å². The summed E-state index contributed by atoms with van der Waals surface area (Å²) in [6.45, 7) is 4.79. The van der Waals surface area contributed by atoms with Gasteiger partial charge in [0.1, 0.15) is 0 Å². The van der Waals surface area contributed by atoms with Gasteiger partial charge in [0.15, 0.2) is 0 Å². The fourth-order valence-electron chi connectivity index (χ4n) is 8.75. The van der Waals surface area contributed by atoms with Crippen molar-refractivity contribution >= 4 is 74.9 Å². The van der Waals surface area contributed by atoms with Crippen molar-refractivity contribution in [1.29, 1.82) is 0 Å². The van der Waals surface area contributed by atoms with Crippen LogP contribution in [0.3, 0.4) is 0 Å². The van der Waals surface area contributed by atoms with Crippen LogP contribution in [0.4, 0.5) is 0 Å². The van der Waals surface area contributed by atoms with E-state index < -0.39 is 0 Å². The average molecular weight is 642 g/mol. The molecule has 1 nitrogen and oxygen atoms in total. The van der Waals surface area contributed by atoms with E-state index in [1.165, 1.54) is 103 Å². The highest BCUT2D eigenvalue weighted by molar-refractivity contribution is 7.26. The molecule has 230 valence electrons. The van der Waals surface area contributed by atoms with Crippen LogP contribution >= 0.6 is 11.3 Å². The molecular weight excluding hydrogens is 611 g/mol. The molecular formula is C47H31NS. The molecule has 0 saturated carbocycles. The van der Waals surface area contributed by atoms with E-state index in [2.05, 4.69) is 170 Å². The van der Waals surface area contributed by atoms with Gasteiger partial charge in [-0.2, -0.15) is 0 Å². The molecule has 1 aliphatic rings. The molecule has 1 aliphatic carbocycles. The SMILES string of the molecule is CC1(C)c2cc(-n3c4ccccc4c4cc(-c5ccc6c(ccc7ccccc76)c5)ccc43)ccc2-c2c1ccc1c2sc2ccccc21. The van der Waals surface area contributed by atoms with Crippen LogP contribution in [0.25, 0.3) is 91.5 Å². The van der Waals surface area contributed by atoms with Crippen LogP contribution in [0, 0.1) is 0 Å². The van der Waals surface area contributed by atoms with Crippen molar-refractivity contribution in [1.82, 2.24) is 4.57 Å². The summed E-state index contributed by atoms with van der Waals surface area (Å²) in [5.41, 5.74) is 11.7. The van der Waals surface area contributed by atoms with Crippen LogP contribution in [-0.4, -0.2) is 4.57 Å². The lowest BCUT2D eigenvalue weighted by Gasteiger charge is -2.22. The van der Waals surface area contributed by atoms with Crippen molar-refractivity contribution in [3.63, 3.8) is 0 Å². The largest absolute Gasteiger partial charge is 0.309 e. The summed E-state index contributed by atoms with van der Waals surface area (Å²) in [6.07, 6.45) is 0. The first-order valence-corrected chi connectivity index (χ1v) is 17.9. The van der Waals surface area contributed by atoms with Crippen LogP contribution in [-0.2, 0) is 5.41 Å². The zero-order chi connectivity index (χ0) is 32.4. The lowest BCUT2D eigenvalue weighted by molar-refractivity contribution is 0.660. The van der Waals surface area contributed by atoms with Gasteiger partial charge < -0.3 is 4.57 Å². The molecule has 8 aromatic carbocycles. The summed E-state index contributed by atoms with van der Waals surface area (Å²) in [6, 6.07) is 56.7. The first-order valence-electron chi connectivity index (χ1n) is 17.1. The summed E-state index contributed by atoms with van der Waals surface area (Å²) in [7, 11) is 0. The van der Waals surface area contributed by atoms with E-state index >= 15 is 0 Å². The molecule has 2 heterocycles. The average Bonchev–Trinajstić information content (AvgIpc) is 3.76.